The van der Waals surface area contributed by atoms with Crippen LogP contribution in [0.15, 0.2) is 30.3 Å². The number of hydrogen-bond donors (Lipinski definition) is 0. The second-order valence-corrected chi connectivity index (χ2v) is 8.05. The van der Waals surface area contributed by atoms with E-state index in [-0.39, 0.29) is 11.9 Å². The summed E-state index contributed by atoms with van der Waals surface area (Å²) < 4.78 is 5.42. The Morgan fingerprint density at radius 2 is 1.78 bits per heavy atom. The molecule has 5 nitrogen and oxygen atoms in total. The fourth-order valence-corrected chi connectivity index (χ4v) is 4.10. The van der Waals surface area contributed by atoms with Crippen molar-refractivity contribution in [3.8, 4) is 0 Å². The fourth-order valence-electron chi connectivity index (χ4n) is 4.10. The van der Waals surface area contributed by atoms with Gasteiger partial charge >= 0.3 is 0 Å². The summed E-state index contributed by atoms with van der Waals surface area (Å²) in [6, 6.07) is 10.4. The summed E-state index contributed by atoms with van der Waals surface area (Å²) in [5, 5.41) is 0. The predicted molar refractivity (Wildman–Crippen MR) is 109 cm³/mol. The van der Waals surface area contributed by atoms with Crippen LogP contribution in [0.25, 0.3) is 0 Å². The molecule has 1 atom stereocenters. The summed E-state index contributed by atoms with van der Waals surface area (Å²) in [5.41, 5.74) is 1.19. The molecule has 1 unspecified atom stereocenters. The second-order valence-electron chi connectivity index (χ2n) is 8.05. The van der Waals surface area contributed by atoms with Gasteiger partial charge in [-0.3, -0.25) is 14.6 Å². The maximum atomic E-state index is 12.7. The maximum Gasteiger partial charge on any atom is 0.236 e. The zero-order valence-electron chi connectivity index (χ0n) is 17.0. The molecular formula is C22H35N3O2. The molecule has 2 aliphatic rings. The zero-order valence-corrected chi connectivity index (χ0v) is 17.0. The van der Waals surface area contributed by atoms with E-state index in [1.165, 1.54) is 31.4 Å². The fraction of sp³-hybridized carbons (Fsp3) is 0.682. The van der Waals surface area contributed by atoms with E-state index in [0.29, 0.717) is 6.54 Å². The van der Waals surface area contributed by atoms with Crippen molar-refractivity contribution in [1.29, 1.82) is 0 Å². The van der Waals surface area contributed by atoms with Crippen molar-refractivity contribution in [2.75, 3.05) is 59.5 Å². The topological polar surface area (TPSA) is 36.0 Å². The summed E-state index contributed by atoms with van der Waals surface area (Å²) >= 11 is 0. The molecule has 5 heteroatoms. The molecule has 3 rings (SSSR count). The summed E-state index contributed by atoms with van der Waals surface area (Å²) in [7, 11) is 1.93. The first-order valence-corrected chi connectivity index (χ1v) is 10.5. The molecule has 1 aromatic rings. The highest BCUT2D eigenvalue weighted by atomic mass is 16.5. The van der Waals surface area contributed by atoms with Crippen LogP contribution >= 0.6 is 0 Å². The van der Waals surface area contributed by atoms with Crippen LogP contribution < -0.4 is 0 Å². The first kappa shape index (κ1) is 20.3. The molecule has 150 valence electrons. The van der Waals surface area contributed by atoms with Crippen molar-refractivity contribution in [1.82, 2.24) is 14.7 Å². The standard InChI is InChI=1S/C22H35N3O2/c1-19(21-6-4-3-5-7-21)23(2)22(26)18-25-12-9-20(10-13-25)8-11-24-14-16-27-17-15-24/h3-7,19-20H,8-18H2,1-2H3. The maximum absolute atomic E-state index is 12.7. The molecular weight excluding hydrogens is 338 g/mol. The molecule has 0 saturated carbocycles. The number of likely N-dealkylation sites (N-methyl/N-ethyl adjacent to an activating group) is 1. The van der Waals surface area contributed by atoms with E-state index in [1.807, 2.05) is 30.1 Å². The Balaban J connectivity index is 1.37. The van der Waals surface area contributed by atoms with Crippen LogP contribution in [-0.4, -0.2) is 80.1 Å². The van der Waals surface area contributed by atoms with Gasteiger partial charge in [-0.1, -0.05) is 30.3 Å². The van der Waals surface area contributed by atoms with Gasteiger partial charge in [-0.2, -0.15) is 0 Å². The number of benzene rings is 1. The first-order valence-electron chi connectivity index (χ1n) is 10.5. The third kappa shape index (κ3) is 6.03. The number of carbonyl (C=O) groups is 1. The second kappa shape index (κ2) is 10.2. The molecule has 2 saturated heterocycles. The summed E-state index contributed by atoms with van der Waals surface area (Å²) in [6.07, 6.45) is 3.72. The number of carbonyl (C=O) groups excluding carboxylic acids is 1. The Bertz CT molecular complexity index is 566. The number of ether oxygens (including phenoxy) is 1. The van der Waals surface area contributed by atoms with Gasteiger partial charge in [-0.15, -0.1) is 0 Å². The van der Waals surface area contributed by atoms with Gasteiger partial charge in [-0.05, 0) is 57.3 Å². The van der Waals surface area contributed by atoms with Gasteiger partial charge in [0, 0.05) is 20.1 Å². The third-order valence-electron chi connectivity index (χ3n) is 6.28. The molecule has 0 N–H and O–H groups in total. The minimum absolute atomic E-state index is 0.116. The Kier molecular flexibility index (Phi) is 7.68. The van der Waals surface area contributed by atoms with Gasteiger partial charge in [0.2, 0.25) is 5.91 Å². The van der Waals surface area contributed by atoms with Gasteiger partial charge in [-0.25, -0.2) is 0 Å². The molecule has 0 aromatic heterocycles. The Labute approximate surface area is 164 Å². The predicted octanol–water partition coefficient (Wildman–Crippen LogP) is 2.64. The normalized spacial score (nSPS) is 21.1. The van der Waals surface area contributed by atoms with Crippen LogP contribution in [0.1, 0.15) is 37.8 Å². The van der Waals surface area contributed by atoms with E-state index in [2.05, 4.69) is 28.9 Å². The van der Waals surface area contributed by atoms with E-state index < -0.39 is 0 Å². The van der Waals surface area contributed by atoms with E-state index in [4.69, 9.17) is 4.74 Å². The number of morpholine rings is 1. The molecule has 1 aromatic carbocycles. The van der Waals surface area contributed by atoms with Crippen LogP contribution in [0.3, 0.4) is 0 Å². The highest BCUT2D eigenvalue weighted by Crippen LogP contribution is 2.22. The van der Waals surface area contributed by atoms with Gasteiger partial charge in [0.1, 0.15) is 0 Å². The number of piperidine rings is 1. The lowest BCUT2D eigenvalue weighted by Gasteiger charge is -2.35. The van der Waals surface area contributed by atoms with Crippen LogP contribution in [-0.2, 0) is 9.53 Å². The molecule has 2 fully saturated rings. The van der Waals surface area contributed by atoms with Crippen molar-refractivity contribution in [2.24, 2.45) is 5.92 Å². The van der Waals surface area contributed by atoms with Crippen molar-refractivity contribution in [2.45, 2.75) is 32.2 Å². The van der Waals surface area contributed by atoms with Crippen LogP contribution in [0.2, 0.25) is 0 Å². The highest BCUT2D eigenvalue weighted by Gasteiger charge is 2.24. The highest BCUT2D eigenvalue weighted by molar-refractivity contribution is 5.78. The SMILES string of the molecule is CC(c1ccccc1)N(C)C(=O)CN1CCC(CCN2CCOCC2)CC1. The minimum Gasteiger partial charge on any atom is -0.379 e. The molecule has 0 aliphatic carbocycles. The molecule has 0 bridgehead atoms. The van der Waals surface area contributed by atoms with Crippen molar-refractivity contribution < 1.29 is 9.53 Å². The number of rotatable bonds is 7. The third-order valence-corrected chi connectivity index (χ3v) is 6.28. The van der Waals surface area contributed by atoms with Crippen LogP contribution in [0, 0.1) is 5.92 Å². The molecule has 2 aliphatic heterocycles. The minimum atomic E-state index is 0.116. The van der Waals surface area contributed by atoms with E-state index >= 15 is 0 Å². The number of likely N-dealkylation sites (tertiary alicyclic amines) is 1. The average molecular weight is 374 g/mol. The molecule has 27 heavy (non-hydrogen) atoms. The van der Waals surface area contributed by atoms with Gasteiger partial charge < -0.3 is 9.64 Å². The molecule has 0 radical (unpaired) electrons. The van der Waals surface area contributed by atoms with E-state index in [1.54, 1.807) is 0 Å². The Hall–Kier alpha value is -1.43. The number of nitrogens with zero attached hydrogens (tertiary/aromatic N) is 3. The molecule has 0 spiro atoms. The van der Waals surface area contributed by atoms with Crippen molar-refractivity contribution in [3.05, 3.63) is 35.9 Å². The lowest BCUT2D eigenvalue weighted by atomic mass is 9.93. The van der Waals surface area contributed by atoms with E-state index in [9.17, 15) is 4.79 Å². The number of hydrogen-bond acceptors (Lipinski definition) is 4. The lowest BCUT2D eigenvalue weighted by molar-refractivity contribution is -0.133. The van der Waals surface area contributed by atoms with Gasteiger partial charge in [0.15, 0.2) is 0 Å². The van der Waals surface area contributed by atoms with Crippen molar-refractivity contribution >= 4 is 5.91 Å². The first-order chi connectivity index (χ1) is 13.1. The number of amides is 1. The van der Waals surface area contributed by atoms with Crippen LogP contribution in [0.4, 0.5) is 0 Å². The van der Waals surface area contributed by atoms with Crippen LogP contribution in [0.5, 0.6) is 0 Å². The molecule has 2 heterocycles. The lowest BCUT2D eigenvalue weighted by Crippen LogP contribution is -2.43. The van der Waals surface area contributed by atoms with E-state index in [0.717, 1.165) is 45.3 Å². The average Bonchev–Trinajstić information content (AvgIpc) is 2.73. The summed E-state index contributed by atoms with van der Waals surface area (Å²) in [6.45, 7) is 9.88. The Morgan fingerprint density at radius 3 is 2.44 bits per heavy atom. The van der Waals surface area contributed by atoms with Gasteiger partial charge in [0.25, 0.3) is 0 Å². The molecule has 1 amide bonds. The zero-order chi connectivity index (χ0) is 19.1. The Morgan fingerprint density at radius 1 is 1.11 bits per heavy atom. The van der Waals surface area contributed by atoms with Crippen molar-refractivity contribution in [3.63, 3.8) is 0 Å². The van der Waals surface area contributed by atoms with Gasteiger partial charge in [0.05, 0.1) is 25.8 Å². The monoisotopic (exact) mass is 373 g/mol. The smallest absolute Gasteiger partial charge is 0.236 e. The summed E-state index contributed by atoms with van der Waals surface area (Å²) in [5.74, 6) is 1.03. The largest absolute Gasteiger partial charge is 0.379 e. The summed E-state index contributed by atoms with van der Waals surface area (Å²) in [4.78, 5) is 19.5. The quantitative estimate of drug-likeness (QED) is 0.736.